The molecule has 1 aromatic carbocycles. The van der Waals surface area contributed by atoms with Crippen LogP contribution in [0.15, 0.2) is 24.3 Å². The minimum absolute atomic E-state index is 0.343. The third kappa shape index (κ3) is 3.89. The lowest BCUT2D eigenvalue weighted by molar-refractivity contribution is 0.802. The van der Waals surface area contributed by atoms with Crippen LogP contribution in [-0.2, 0) is 0 Å². The Labute approximate surface area is 111 Å². The van der Waals surface area contributed by atoms with Crippen LogP contribution in [0.2, 0.25) is 0 Å². The molecule has 0 aliphatic rings. The van der Waals surface area contributed by atoms with Gasteiger partial charge < -0.3 is 5.32 Å². The molecule has 0 aliphatic carbocycles. The van der Waals surface area contributed by atoms with Crippen molar-refractivity contribution in [3.8, 4) is 0 Å². The molecule has 92 valence electrons. The number of thioether (sulfide) groups is 1. The third-order valence-electron chi connectivity index (χ3n) is 2.21. The van der Waals surface area contributed by atoms with E-state index in [0.29, 0.717) is 4.75 Å². The molecule has 1 heterocycles. The minimum Gasteiger partial charge on any atom is -0.361 e. The molecule has 0 radical (unpaired) electrons. The molecule has 0 saturated carbocycles. The molecule has 1 N–H and O–H groups in total. The average molecular weight is 266 g/mol. The summed E-state index contributed by atoms with van der Waals surface area (Å²) in [5.74, 6) is 1.11. The van der Waals surface area contributed by atoms with Crippen molar-refractivity contribution in [2.75, 3.05) is 17.6 Å². The Hall–Kier alpha value is -0.740. The maximum atomic E-state index is 4.54. The zero-order valence-corrected chi connectivity index (χ0v) is 12.1. The Bertz CT molecular complexity index is 452. The molecular formula is C13H18N2S2. The van der Waals surface area contributed by atoms with E-state index in [4.69, 9.17) is 0 Å². The van der Waals surface area contributed by atoms with Crippen LogP contribution in [0.1, 0.15) is 20.8 Å². The summed E-state index contributed by atoms with van der Waals surface area (Å²) in [6, 6.07) is 8.25. The number of benzene rings is 1. The van der Waals surface area contributed by atoms with Crippen molar-refractivity contribution in [1.29, 1.82) is 0 Å². The van der Waals surface area contributed by atoms with Gasteiger partial charge in [-0.1, -0.05) is 44.2 Å². The minimum atomic E-state index is 0.343. The molecule has 2 aromatic rings. The lowest BCUT2D eigenvalue weighted by Gasteiger charge is -2.17. The number of nitrogens with one attached hydrogen (secondary N) is 1. The van der Waals surface area contributed by atoms with Crippen molar-refractivity contribution in [1.82, 2.24) is 4.98 Å². The highest BCUT2D eigenvalue weighted by atomic mass is 32.2. The maximum Gasteiger partial charge on any atom is 0.183 e. The number of aromatic nitrogens is 1. The van der Waals surface area contributed by atoms with E-state index in [1.54, 1.807) is 11.3 Å². The van der Waals surface area contributed by atoms with Gasteiger partial charge in [-0.2, -0.15) is 11.8 Å². The van der Waals surface area contributed by atoms with Crippen LogP contribution in [0.3, 0.4) is 0 Å². The fraction of sp³-hybridized carbons (Fsp3) is 0.462. The van der Waals surface area contributed by atoms with Gasteiger partial charge in [-0.05, 0) is 12.1 Å². The van der Waals surface area contributed by atoms with Gasteiger partial charge in [0.15, 0.2) is 5.13 Å². The molecule has 0 spiro atoms. The van der Waals surface area contributed by atoms with E-state index >= 15 is 0 Å². The smallest absolute Gasteiger partial charge is 0.183 e. The number of hydrogen-bond acceptors (Lipinski definition) is 4. The topological polar surface area (TPSA) is 24.9 Å². The van der Waals surface area contributed by atoms with Gasteiger partial charge in [-0.3, -0.25) is 0 Å². The van der Waals surface area contributed by atoms with Gasteiger partial charge in [0.1, 0.15) is 0 Å². The number of fused-ring (bicyclic) bond motifs is 1. The quantitative estimate of drug-likeness (QED) is 0.838. The van der Waals surface area contributed by atoms with Crippen molar-refractivity contribution in [3.05, 3.63) is 24.3 Å². The van der Waals surface area contributed by atoms with Crippen molar-refractivity contribution < 1.29 is 0 Å². The summed E-state index contributed by atoms with van der Waals surface area (Å²) in [6.45, 7) is 7.71. The van der Waals surface area contributed by atoms with Crippen molar-refractivity contribution in [2.24, 2.45) is 0 Å². The standard InChI is InChI=1S/C13H18N2S2/c1-13(2,3)16-9-8-14-12-15-10-6-4-5-7-11(10)17-12/h4-7H,8-9H2,1-3H3,(H,14,15). The summed E-state index contributed by atoms with van der Waals surface area (Å²) in [4.78, 5) is 4.54. The maximum absolute atomic E-state index is 4.54. The Morgan fingerprint density at radius 1 is 1.29 bits per heavy atom. The number of para-hydroxylation sites is 1. The fourth-order valence-electron chi connectivity index (χ4n) is 1.46. The second-order valence-electron chi connectivity index (χ2n) is 4.87. The Morgan fingerprint density at radius 3 is 2.76 bits per heavy atom. The van der Waals surface area contributed by atoms with Crippen LogP contribution >= 0.6 is 23.1 Å². The monoisotopic (exact) mass is 266 g/mol. The SMILES string of the molecule is CC(C)(C)SCCNc1nc2ccccc2s1. The number of thiazole rings is 1. The van der Waals surface area contributed by atoms with Gasteiger partial charge in [0.05, 0.1) is 10.2 Å². The number of hydrogen-bond donors (Lipinski definition) is 1. The first-order valence-electron chi connectivity index (χ1n) is 5.78. The van der Waals surface area contributed by atoms with Crippen LogP contribution in [-0.4, -0.2) is 22.0 Å². The average Bonchev–Trinajstić information content (AvgIpc) is 2.65. The molecular weight excluding hydrogens is 248 g/mol. The van der Waals surface area contributed by atoms with E-state index in [0.717, 1.165) is 22.9 Å². The summed E-state index contributed by atoms with van der Waals surface area (Å²) < 4.78 is 1.59. The summed E-state index contributed by atoms with van der Waals surface area (Å²) in [5, 5.41) is 4.42. The molecule has 2 nitrogen and oxygen atoms in total. The predicted octanol–water partition coefficient (Wildman–Crippen LogP) is 4.24. The van der Waals surface area contributed by atoms with Crippen LogP contribution in [0.4, 0.5) is 5.13 Å². The fourth-order valence-corrected chi connectivity index (χ4v) is 3.17. The van der Waals surface area contributed by atoms with Crippen LogP contribution in [0.25, 0.3) is 10.2 Å². The number of rotatable bonds is 4. The second-order valence-corrected chi connectivity index (χ2v) is 7.83. The van der Waals surface area contributed by atoms with Gasteiger partial charge in [0.2, 0.25) is 0 Å². The molecule has 0 aliphatic heterocycles. The molecule has 0 amide bonds. The highest BCUT2D eigenvalue weighted by molar-refractivity contribution is 8.00. The summed E-state index contributed by atoms with van der Waals surface area (Å²) in [6.07, 6.45) is 0. The van der Waals surface area contributed by atoms with E-state index in [1.165, 1.54) is 4.70 Å². The molecule has 0 saturated heterocycles. The van der Waals surface area contributed by atoms with Crippen LogP contribution in [0.5, 0.6) is 0 Å². The first-order chi connectivity index (χ1) is 8.04. The Kier molecular flexibility index (Phi) is 3.94. The lowest BCUT2D eigenvalue weighted by Crippen LogP contribution is -2.12. The lowest BCUT2D eigenvalue weighted by atomic mass is 10.3. The van der Waals surface area contributed by atoms with Crippen molar-refractivity contribution >= 4 is 38.4 Å². The Morgan fingerprint density at radius 2 is 2.06 bits per heavy atom. The highest BCUT2D eigenvalue weighted by Gasteiger charge is 2.09. The number of anilines is 1. The van der Waals surface area contributed by atoms with Gasteiger partial charge in [-0.15, -0.1) is 0 Å². The van der Waals surface area contributed by atoms with E-state index in [1.807, 2.05) is 17.8 Å². The normalized spacial score (nSPS) is 11.9. The predicted molar refractivity (Wildman–Crippen MR) is 80.3 cm³/mol. The van der Waals surface area contributed by atoms with Crippen molar-refractivity contribution in [2.45, 2.75) is 25.5 Å². The summed E-state index contributed by atoms with van der Waals surface area (Å²) in [5.41, 5.74) is 1.09. The first-order valence-corrected chi connectivity index (χ1v) is 7.58. The van der Waals surface area contributed by atoms with Crippen LogP contribution in [0, 0.1) is 0 Å². The van der Waals surface area contributed by atoms with Crippen LogP contribution < -0.4 is 5.32 Å². The number of nitrogens with zero attached hydrogens (tertiary/aromatic N) is 1. The molecule has 2 rings (SSSR count). The molecule has 0 atom stereocenters. The zero-order valence-electron chi connectivity index (χ0n) is 10.5. The summed E-state index contributed by atoms with van der Waals surface area (Å²) >= 11 is 3.70. The van der Waals surface area contributed by atoms with Gasteiger partial charge >= 0.3 is 0 Å². The van der Waals surface area contributed by atoms with E-state index in [2.05, 4.69) is 49.3 Å². The molecule has 0 bridgehead atoms. The zero-order chi connectivity index (χ0) is 12.3. The molecule has 0 unspecified atom stereocenters. The van der Waals surface area contributed by atoms with Gasteiger partial charge in [-0.25, -0.2) is 4.98 Å². The third-order valence-corrected chi connectivity index (χ3v) is 4.48. The molecule has 1 aromatic heterocycles. The molecule has 0 fully saturated rings. The van der Waals surface area contributed by atoms with Gasteiger partial charge in [0, 0.05) is 17.0 Å². The first kappa shape index (κ1) is 12.7. The van der Waals surface area contributed by atoms with E-state index < -0.39 is 0 Å². The van der Waals surface area contributed by atoms with Crippen molar-refractivity contribution in [3.63, 3.8) is 0 Å². The Balaban J connectivity index is 1.87. The largest absolute Gasteiger partial charge is 0.361 e. The molecule has 17 heavy (non-hydrogen) atoms. The highest BCUT2D eigenvalue weighted by Crippen LogP contribution is 2.26. The summed E-state index contributed by atoms with van der Waals surface area (Å²) in [7, 11) is 0. The van der Waals surface area contributed by atoms with E-state index in [9.17, 15) is 0 Å². The van der Waals surface area contributed by atoms with E-state index in [-0.39, 0.29) is 0 Å². The second kappa shape index (κ2) is 5.27. The molecule has 4 heteroatoms. The van der Waals surface area contributed by atoms with Gasteiger partial charge in [0.25, 0.3) is 0 Å².